The Morgan fingerprint density at radius 1 is 1.35 bits per heavy atom. The van der Waals surface area contributed by atoms with Crippen LogP contribution in [0.2, 0.25) is 5.02 Å². The molecule has 1 heterocycles. The SMILES string of the molecule is Nc1cc(S(=O)(=O)Nc2ccon2)ccc1Cl. The van der Waals surface area contributed by atoms with Crippen molar-refractivity contribution in [2.24, 2.45) is 0 Å². The number of nitrogen functional groups attached to an aromatic ring is 1. The molecule has 0 atom stereocenters. The van der Waals surface area contributed by atoms with Gasteiger partial charge in [-0.1, -0.05) is 16.8 Å². The summed E-state index contributed by atoms with van der Waals surface area (Å²) in [6.45, 7) is 0. The second-order valence-corrected chi connectivity index (χ2v) is 5.26. The second-order valence-electron chi connectivity index (χ2n) is 3.17. The predicted octanol–water partition coefficient (Wildman–Crippen LogP) is 1.71. The maximum absolute atomic E-state index is 11.9. The number of nitrogens with one attached hydrogen (secondary N) is 1. The summed E-state index contributed by atoms with van der Waals surface area (Å²) >= 11 is 5.71. The molecule has 0 saturated heterocycles. The van der Waals surface area contributed by atoms with Crippen LogP contribution in [0, 0.1) is 0 Å². The van der Waals surface area contributed by atoms with Gasteiger partial charge in [-0.15, -0.1) is 0 Å². The van der Waals surface area contributed by atoms with Crippen LogP contribution >= 0.6 is 11.6 Å². The molecule has 1 aromatic carbocycles. The van der Waals surface area contributed by atoms with Crippen LogP contribution in [-0.4, -0.2) is 13.6 Å². The van der Waals surface area contributed by atoms with E-state index in [1.165, 1.54) is 30.5 Å². The van der Waals surface area contributed by atoms with Gasteiger partial charge >= 0.3 is 0 Å². The van der Waals surface area contributed by atoms with Crippen LogP contribution in [0.25, 0.3) is 0 Å². The van der Waals surface area contributed by atoms with E-state index in [4.69, 9.17) is 17.3 Å². The van der Waals surface area contributed by atoms with Gasteiger partial charge in [0.2, 0.25) is 0 Å². The summed E-state index contributed by atoms with van der Waals surface area (Å²) in [5, 5.41) is 3.74. The first-order chi connectivity index (χ1) is 7.99. The van der Waals surface area contributed by atoms with Crippen LogP contribution in [0.1, 0.15) is 0 Å². The van der Waals surface area contributed by atoms with E-state index in [1.54, 1.807) is 0 Å². The van der Waals surface area contributed by atoms with Crippen molar-refractivity contribution >= 4 is 33.1 Å². The summed E-state index contributed by atoms with van der Waals surface area (Å²) in [7, 11) is -3.73. The minimum Gasteiger partial charge on any atom is -0.397 e. The molecule has 0 bridgehead atoms. The summed E-state index contributed by atoms with van der Waals surface area (Å²) in [5.41, 5.74) is 5.72. The Kier molecular flexibility index (Phi) is 2.95. The molecule has 3 N–H and O–H groups in total. The molecule has 0 aliphatic heterocycles. The fraction of sp³-hybridized carbons (Fsp3) is 0. The van der Waals surface area contributed by atoms with Crippen LogP contribution < -0.4 is 10.5 Å². The Balaban J connectivity index is 2.35. The molecular formula is C9H8ClN3O3S. The minimum atomic E-state index is -3.73. The topological polar surface area (TPSA) is 98.2 Å². The Labute approximate surface area is 102 Å². The molecule has 2 rings (SSSR count). The molecule has 0 aliphatic carbocycles. The van der Waals surface area contributed by atoms with Gasteiger partial charge in [0.1, 0.15) is 6.26 Å². The predicted molar refractivity (Wildman–Crippen MR) is 63.2 cm³/mol. The summed E-state index contributed by atoms with van der Waals surface area (Å²) in [6, 6.07) is 5.41. The average molecular weight is 274 g/mol. The van der Waals surface area contributed by atoms with E-state index in [9.17, 15) is 8.42 Å². The largest absolute Gasteiger partial charge is 0.397 e. The van der Waals surface area contributed by atoms with Crippen LogP contribution in [0.5, 0.6) is 0 Å². The Morgan fingerprint density at radius 3 is 2.71 bits per heavy atom. The third-order valence-corrected chi connectivity index (χ3v) is 3.65. The average Bonchev–Trinajstić information content (AvgIpc) is 2.73. The molecular weight excluding hydrogens is 266 g/mol. The molecule has 0 fully saturated rings. The third kappa shape index (κ3) is 2.51. The van der Waals surface area contributed by atoms with Gasteiger partial charge in [-0.25, -0.2) is 8.42 Å². The highest BCUT2D eigenvalue weighted by atomic mass is 35.5. The van der Waals surface area contributed by atoms with Crippen molar-refractivity contribution in [3.63, 3.8) is 0 Å². The van der Waals surface area contributed by atoms with Crippen molar-refractivity contribution < 1.29 is 12.9 Å². The van der Waals surface area contributed by atoms with E-state index >= 15 is 0 Å². The second kappa shape index (κ2) is 4.27. The van der Waals surface area contributed by atoms with Crippen LogP contribution in [0.15, 0.2) is 39.9 Å². The van der Waals surface area contributed by atoms with Gasteiger partial charge < -0.3 is 10.3 Å². The zero-order chi connectivity index (χ0) is 12.5. The monoisotopic (exact) mass is 273 g/mol. The molecule has 2 aromatic rings. The highest BCUT2D eigenvalue weighted by Crippen LogP contribution is 2.23. The van der Waals surface area contributed by atoms with Crippen LogP contribution in [0.3, 0.4) is 0 Å². The van der Waals surface area contributed by atoms with E-state index < -0.39 is 10.0 Å². The van der Waals surface area contributed by atoms with E-state index in [0.717, 1.165) is 0 Å². The van der Waals surface area contributed by atoms with Crippen LogP contribution in [0.4, 0.5) is 11.5 Å². The van der Waals surface area contributed by atoms with Gasteiger partial charge in [0.05, 0.1) is 15.6 Å². The number of aromatic nitrogens is 1. The first kappa shape index (κ1) is 11.7. The molecule has 0 radical (unpaired) electrons. The molecule has 6 nitrogen and oxygen atoms in total. The molecule has 17 heavy (non-hydrogen) atoms. The van der Waals surface area contributed by atoms with E-state index in [2.05, 4.69) is 14.4 Å². The van der Waals surface area contributed by atoms with E-state index in [0.29, 0.717) is 5.02 Å². The number of sulfonamides is 1. The molecule has 0 saturated carbocycles. The fourth-order valence-electron chi connectivity index (χ4n) is 1.15. The van der Waals surface area contributed by atoms with Crippen molar-refractivity contribution in [2.75, 3.05) is 10.5 Å². The molecule has 0 aliphatic rings. The lowest BCUT2D eigenvalue weighted by molar-refractivity contribution is 0.423. The summed E-state index contributed by atoms with van der Waals surface area (Å²) in [6.07, 6.45) is 1.26. The zero-order valence-electron chi connectivity index (χ0n) is 8.42. The van der Waals surface area contributed by atoms with Gasteiger partial charge in [-0.3, -0.25) is 4.72 Å². The summed E-state index contributed by atoms with van der Waals surface area (Å²) < 4.78 is 30.5. The lowest BCUT2D eigenvalue weighted by atomic mass is 10.3. The number of hydrogen-bond donors (Lipinski definition) is 2. The molecule has 90 valence electrons. The maximum Gasteiger partial charge on any atom is 0.263 e. The smallest absolute Gasteiger partial charge is 0.263 e. The van der Waals surface area contributed by atoms with Crippen molar-refractivity contribution in [1.29, 1.82) is 0 Å². The van der Waals surface area contributed by atoms with Gasteiger partial charge in [0, 0.05) is 6.07 Å². The number of nitrogens with two attached hydrogens (primary N) is 1. The van der Waals surface area contributed by atoms with Crippen molar-refractivity contribution in [3.05, 3.63) is 35.6 Å². The Bertz CT molecular complexity index is 625. The van der Waals surface area contributed by atoms with E-state index in [-0.39, 0.29) is 16.4 Å². The zero-order valence-corrected chi connectivity index (χ0v) is 9.99. The van der Waals surface area contributed by atoms with Crippen LogP contribution in [-0.2, 0) is 10.0 Å². The third-order valence-electron chi connectivity index (χ3n) is 1.95. The first-order valence-corrected chi connectivity index (χ1v) is 6.33. The Morgan fingerprint density at radius 2 is 2.12 bits per heavy atom. The van der Waals surface area contributed by atoms with Crippen molar-refractivity contribution in [3.8, 4) is 0 Å². The quantitative estimate of drug-likeness (QED) is 0.830. The molecule has 1 aromatic heterocycles. The molecule has 0 spiro atoms. The standard InChI is InChI=1S/C9H8ClN3O3S/c10-7-2-1-6(5-8(7)11)17(14,15)13-9-3-4-16-12-9/h1-5H,11H2,(H,12,13). The molecule has 0 unspecified atom stereocenters. The molecule has 0 amide bonds. The number of halogens is 1. The lowest BCUT2D eigenvalue weighted by Gasteiger charge is -2.06. The highest BCUT2D eigenvalue weighted by Gasteiger charge is 2.16. The fourth-order valence-corrected chi connectivity index (χ4v) is 2.30. The van der Waals surface area contributed by atoms with Gasteiger partial charge in [0.15, 0.2) is 5.82 Å². The van der Waals surface area contributed by atoms with Crippen molar-refractivity contribution in [1.82, 2.24) is 5.16 Å². The normalized spacial score (nSPS) is 11.4. The van der Waals surface area contributed by atoms with Gasteiger partial charge in [-0.05, 0) is 18.2 Å². The summed E-state index contributed by atoms with van der Waals surface area (Å²) in [5.74, 6) is 0.0959. The first-order valence-electron chi connectivity index (χ1n) is 4.47. The minimum absolute atomic E-state index is 0.00222. The number of nitrogens with zero attached hydrogens (tertiary/aromatic N) is 1. The van der Waals surface area contributed by atoms with Gasteiger partial charge in [0.25, 0.3) is 10.0 Å². The van der Waals surface area contributed by atoms with Crippen molar-refractivity contribution in [2.45, 2.75) is 4.90 Å². The summed E-state index contributed by atoms with van der Waals surface area (Å²) in [4.78, 5) is 0.00222. The highest BCUT2D eigenvalue weighted by molar-refractivity contribution is 7.92. The Hall–Kier alpha value is -1.73. The maximum atomic E-state index is 11.9. The number of anilines is 2. The van der Waals surface area contributed by atoms with E-state index in [1.807, 2.05) is 0 Å². The van der Waals surface area contributed by atoms with Gasteiger partial charge in [-0.2, -0.15) is 0 Å². The lowest BCUT2D eigenvalue weighted by Crippen LogP contribution is -2.13. The number of benzene rings is 1. The number of hydrogen-bond acceptors (Lipinski definition) is 5. The molecule has 8 heteroatoms. The number of rotatable bonds is 3.